The second kappa shape index (κ2) is 3.14. The smallest absolute Gasteiger partial charge is 0.373 e. The van der Waals surface area contributed by atoms with E-state index in [2.05, 4.69) is 20.6 Å². The highest BCUT2D eigenvalue weighted by molar-refractivity contribution is 6.73. The lowest BCUT2D eigenvalue weighted by atomic mass is 9.76. The van der Waals surface area contributed by atoms with E-state index >= 15 is 0 Å². The van der Waals surface area contributed by atoms with Crippen molar-refractivity contribution in [3.8, 4) is 0 Å². The van der Waals surface area contributed by atoms with Gasteiger partial charge >= 0.3 is 7.12 Å². The summed E-state index contributed by atoms with van der Waals surface area (Å²) in [6.45, 7) is 0. The zero-order valence-electron chi connectivity index (χ0n) is 4.73. The fraction of sp³-hybridized carbons (Fsp3) is 1.00. The monoisotopic (exact) mass is 108 g/mol. The molecule has 0 bridgehead atoms. The van der Waals surface area contributed by atoms with E-state index < -0.39 is 0 Å². The van der Waals surface area contributed by atoms with Crippen LogP contribution in [0.4, 0.5) is 0 Å². The van der Waals surface area contributed by atoms with Gasteiger partial charge in [0.2, 0.25) is 0 Å². The summed E-state index contributed by atoms with van der Waals surface area (Å²) >= 11 is 0. The lowest BCUT2D eigenvalue weighted by Gasteiger charge is -2.18. The lowest BCUT2D eigenvalue weighted by Crippen LogP contribution is -2.68. The zero-order valence-corrected chi connectivity index (χ0v) is 4.73. The predicted octanol–water partition coefficient (Wildman–Crippen LogP) is -2.96. The van der Waals surface area contributed by atoms with E-state index in [0.29, 0.717) is 0 Å². The van der Waals surface area contributed by atoms with Crippen LogP contribution in [0.5, 0.6) is 0 Å². The molecule has 1 heterocycles. The highest BCUT2D eigenvalue weighted by atomic mass is 15.1. The van der Waals surface area contributed by atoms with E-state index in [9.17, 15) is 0 Å². The van der Waals surface area contributed by atoms with Gasteiger partial charge in [0.25, 0.3) is 15.1 Å². The van der Waals surface area contributed by atoms with Crippen molar-refractivity contribution in [2.24, 2.45) is 0 Å². The summed E-state index contributed by atoms with van der Waals surface area (Å²) < 4.78 is 0. The molecule has 0 unspecified atom stereocenters. The Labute approximate surface area is 50.9 Å². The second-order valence-electron chi connectivity index (χ2n) is 1.51. The highest BCUT2D eigenvalue weighted by Gasteiger charge is 2.15. The van der Waals surface area contributed by atoms with Crippen molar-refractivity contribution in [2.45, 2.75) is 0 Å². The molecule has 0 spiro atoms. The van der Waals surface area contributed by atoms with E-state index in [0.717, 1.165) is 0 Å². The minimum atomic E-state index is 0.163. The van der Waals surface area contributed by atoms with E-state index in [1.54, 1.807) is 15.1 Å². The first-order valence-electron chi connectivity index (χ1n) is 2.52. The number of hydrogen-bond acceptors (Lipinski definition) is 4. The van der Waals surface area contributed by atoms with Gasteiger partial charge in [-0.25, -0.2) is 0 Å². The highest BCUT2D eigenvalue weighted by Crippen LogP contribution is 1.61. The Morgan fingerprint density at radius 1 is 1.38 bits per heavy atom. The van der Waals surface area contributed by atoms with Crippen LogP contribution in [-0.2, 0) is 0 Å². The Hall–Kier alpha value is 0.0348. The maximum absolute atomic E-state index is 2.98. The SMILES string of the molecule is CNB1N[B]N[B]N1. The molecule has 7 heteroatoms. The average Bonchev–Trinajstić information content (AvgIpc) is 1.90. The lowest BCUT2D eigenvalue weighted by molar-refractivity contribution is 1.08. The Morgan fingerprint density at radius 2 is 2.00 bits per heavy atom. The van der Waals surface area contributed by atoms with Crippen LogP contribution in [0, 0.1) is 0 Å². The maximum Gasteiger partial charge on any atom is 0.373 e. The van der Waals surface area contributed by atoms with Gasteiger partial charge < -0.3 is 20.6 Å². The third-order valence-electron chi connectivity index (χ3n) is 0.955. The Bertz CT molecular complexity index is 62.3. The Morgan fingerprint density at radius 3 is 2.38 bits per heavy atom. The van der Waals surface area contributed by atoms with Crippen molar-refractivity contribution < 1.29 is 0 Å². The predicted molar refractivity (Wildman–Crippen MR) is 35.7 cm³/mol. The van der Waals surface area contributed by atoms with Gasteiger partial charge in [-0.05, 0) is 7.05 Å². The van der Waals surface area contributed by atoms with Gasteiger partial charge in [-0.1, -0.05) is 0 Å². The van der Waals surface area contributed by atoms with Gasteiger partial charge in [-0.3, -0.25) is 0 Å². The summed E-state index contributed by atoms with van der Waals surface area (Å²) in [5.41, 5.74) is 0. The molecule has 40 valence electrons. The molecule has 0 amide bonds. The Kier molecular flexibility index (Phi) is 2.42. The molecule has 0 saturated carbocycles. The molecular weight excluding hydrogens is 100 g/mol. The number of hydrogen-bond donors (Lipinski definition) is 4. The van der Waals surface area contributed by atoms with Crippen molar-refractivity contribution in [3.05, 3.63) is 0 Å². The quantitative estimate of drug-likeness (QED) is 0.271. The molecular formula is CH7B3N4. The van der Waals surface area contributed by atoms with Gasteiger partial charge in [-0.15, -0.1) is 0 Å². The van der Waals surface area contributed by atoms with Gasteiger partial charge in [0, 0.05) is 0 Å². The molecule has 8 heavy (non-hydrogen) atoms. The molecule has 0 aromatic heterocycles. The van der Waals surface area contributed by atoms with Crippen LogP contribution in [0.25, 0.3) is 0 Å². The maximum atomic E-state index is 2.98. The molecule has 1 saturated heterocycles. The van der Waals surface area contributed by atoms with Crippen LogP contribution in [-0.4, -0.2) is 29.3 Å². The minimum Gasteiger partial charge on any atom is -0.379 e. The molecule has 0 aliphatic carbocycles. The molecule has 0 aromatic rings. The van der Waals surface area contributed by atoms with E-state index in [1.165, 1.54) is 0 Å². The molecule has 1 aliphatic rings. The molecule has 2 radical (unpaired) electrons. The molecule has 1 fully saturated rings. The first-order valence-corrected chi connectivity index (χ1v) is 2.52. The molecule has 1 aliphatic heterocycles. The average molecular weight is 108 g/mol. The van der Waals surface area contributed by atoms with E-state index in [-0.39, 0.29) is 7.12 Å². The first kappa shape index (κ1) is 6.16. The van der Waals surface area contributed by atoms with Crippen molar-refractivity contribution in [1.82, 2.24) is 20.6 Å². The summed E-state index contributed by atoms with van der Waals surface area (Å²) in [6.07, 6.45) is 0. The van der Waals surface area contributed by atoms with Gasteiger partial charge in [-0.2, -0.15) is 0 Å². The third-order valence-corrected chi connectivity index (χ3v) is 0.955. The molecule has 1 rings (SSSR count). The normalized spacial score (nSPS) is 19.4. The fourth-order valence-corrected chi connectivity index (χ4v) is 0.519. The van der Waals surface area contributed by atoms with E-state index in [1.807, 2.05) is 7.05 Å². The van der Waals surface area contributed by atoms with E-state index in [4.69, 9.17) is 0 Å². The second-order valence-corrected chi connectivity index (χ2v) is 1.51. The van der Waals surface area contributed by atoms with Crippen molar-refractivity contribution in [1.29, 1.82) is 0 Å². The van der Waals surface area contributed by atoms with Crippen LogP contribution in [0.15, 0.2) is 0 Å². The first-order chi connectivity index (χ1) is 3.93. The molecule has 0 aromatic carbocycles. The van der Waals surface area contributed by atoms with Crippen molar-refractivity contribution >= 4 is 22.2 Å². The topological polar surface area (TPSA) is 48.1 Å². The minimum absolute atomic E-state index is 0.163. The standard InChI is InChI=1S/CH7B3N4/c1-5-4-7-2-6-3-8-4/h5-8H,1H3. The van der Waals surface area contributed by atoms with Crippen LogP contribution in [0.1, 0.15) is 0 Å². The summed E-state index contributed by atoms with van der Waals surface area (Å²) in [4.78, 5) is 0. The molecule has 4 nitrogen and oxygen atoms in total. The summed E-state index contributed by atoms with van der Waals surface area (Å²) in [5, 5.41) is 11.8. The zero-order chi connectivity index (χ0) is 5.82. The van der Waals surface area contributed by atoms with Crippen LogP contribution in [0.2, 0.25) is 0 Å². The summed E-state index contributed by atoms with van der Waals surface area (Å²) in [6, 6.07) is 0. The number of nitrogens with one attached hydrogen (secondary N) is 4. The van der Waals surface area contributed by atoms with Crippen molar-refractivity contribution in [3.63, 3.8) is 0 Å². The summed E-state index contributed by atoms with van der Waals surface area (Å²) in [5.74, 6) is 0. The third kappa shape index (κ3) is 1.52. The van der Waals surface area contributed by atoms with Gasteiger partial charge in [0.05, 0.1) is 0 Å². The molecule has 0 atom stereocenters. The largest absolute Gasteiger partial charge is 0.379 e. The molecule has 4 N–H and O–H groups in total. The van der Waals surface area contributed by atoms with Gasteiger partial charge in [0.15, 0.2) is 0 Å². The van der Waals surface area contributed by atoms with Crippen LogP contribution < -0.4 is 20.6 Å². The van der Waals surface area contributed by atoms with Crippen molar-refractivity contribution in [2.75, 3.05) is 7.05 Å². The van der Waals surface area contributed by atoms with Crippen LogP contribution in [0.3, 0.4) is 0 Å². The number of rotatable bonds is 1. The van der Waals surface area contributed by atoms with Gasteiger partial charge in [0.1, 0.15) is 0 Å². The Balaban J connectivity index is 2.13. The summed E-state index contributed by atoms with van der Waals surface area (Å²) in [7, 11) is 5.56. The fourth-order valence-electron chi connectivity index (χ4n) is 0.519. The van der Waals surface area contributed by atoms with Crippen LogP contribution >= 0.6 is 0 Å².